The van der Waals surface area contributed by atoms with Gasteiger partial charge in [0, 0.05) is 36.2 Å². The lowest BCUT2D eigenvalue weighted by Crippen LogP contribution is -2.41. The molecule has 0 aliphatic carbocycles. The van der Waals surface area contributed by atoms with Gasteiger partial charge in [-0.15, -0.1) is 0 Å². The number of carbonyl (C=O) groups excluding carboxylic acids is 1. The third-order valence-corrected chi connectivity index (χ3v) is 4.96. The number of hydrogen-bond donors (Lipinski definition) is 1. The lowest BCUT2D eigenvalue weighted by Gasteiger charge is -2.24. The molecular weight excluding hydrogens is 314 g/mol. The van der Waals surface area contributed by atoms with E-state index in [1.807, 2.05) is 6.92 Å². The zero-order chi connectivity index (χ0) is 17.4. The molecule has 1 aliphatic heterocycles. The molecule has 3 aromatic rings. The lowest BCUT2D eigenvalue weighted by molar-refractivity contribution is -0.121. The minimum atomic E-state index is 0.0487. The lowest BCUT2D eigenvalue weighted by atomic mass is 10.0. The van der Waals surface area contributed by atoms with Crippen LogP contribution in [0.5, 0.6) is 0 Å². The van der Waals surface area contributed by atoms with Crippen LogP contribution in [-0.4, -0.2) is 21.5 Å². The van der Waals surface area contributed by atoms with Crippen molar-refractivity contribution >= 4 is 16.9 Å². The number of hydrogen-bond acceptors (Lipinski definition) is 3. The van der Waals surface area contributed by atoms with Gasteiger partial charge in [0.15, 0.2) is 0 Å². The highest BCUT2D eigenvalue weighted by Crippen LogP contribution is 2.23. The predicted octanol–water partition coefficient (Wildman–Crippen LogP) is 3.17. The molecule has 0 saturated carbocycles. The van der Waals surface area contributed by atoms with Crippen LogP contribution in [0.25, 0.3) is 11.0 Å². The molecule has 0 fully saturated rings. The average molecular weight is 337 g/mol. The number of amides is 1. The number of imidazole rings is 1. The molecule has 1 atom stereocenters. The highest BCUT2D eigenvalue weighted by Gasteiger charge is 2.21. The summed E-state index contributed by atoms with van der Waals surface area (Å²) in [5, 5.41) is 4.20. The van der Waals surface area contributed by atoms with Gasteiger partial charge in [-0.05, 0) is 31.4 Å². The van der Waals surface area contributed by atoms with E-state index < -0.39 is 0 Å². The third-order valence-electron chi connectivity index (χ3n) is 4.96. The van der Waals surface area contributed by atoms with Crippen LogP contribution < -0.4 is 5.32 Å². The second kappa shape index (κ2) is 6.39. The van der Waals surface area contributed by atoms with Crippen LogP contribution in [0.4, 0.5) is 0 Å². The first-order valence-corrected chi connectivity index (χ1v) is 8.93. The molecule has 1 amide bonds. The fraction of sp³-hybridized carbons (Fsp3) is 0.400. The summed E-state index contributed by atoms with van der Waals surface area (Å²) in [6.07, 6.45) is 6.94. The number of rotatable bonds is 4. The van der Waals surface area contributed by atoms with E-state index in [2.05, 4.69) is 46.2 Å². The van der Waals surface area contributed by atoms with Crippen molar-refractivity contribution in [2.75, 3.05) is 0 Å². The molecule has 5 heteroatoms. The van der Waals surface area contributed by atoms with Gasteiger partial charge in [0.2, 0.25) is 5.91 Å². The summed E-state index contributed by atoms with van der Waals surface area (Å²) in [5.74, 6) is 1.17. The Hall–Kier alpha value is -2.56. The SMILES string of the molecule is CCc1ccc2c(CC(=O)N[C@H]3CCc4nc(C)cn4C3)coc2c1. The second-order valence-electron chi connectivity index (χ2n) is 6.88. The quantitative estimate of drug-likeness (QED) is 0.795. The van der Waals surface area contributed by atoms with Crippen LogP contribution in [-0.2, 0) is 30.6 Å². The largest absolute Gasteiger partial charge is 0.464 e. The molecule has 0 bridgehead atoms. The van der Waals surface area contributed by atoms with Crippen LogP contribution >= 0.6 is 0 Å². The van der Waals surface area contributed by atoms with E-state index in [9.17, 15) is 4.79 Å². The van der Waals surface area contributed by atoms with Gasteiger partial charge in [-0.3, -0.25) is 4.79 Å². The summed E-state index contributed by atoms with van der Waals surface area (Å²) in [6, 6.07) is 6.38. The maximum Gasteiger partial charge on any atom is 0.224 e. The fourth-order valence-corrected chi connectivity index (χ4v) is 3.64. The number of benzene rings is 1. The topological polar surface area (TPSA) is 60.1 Å². The molecular formula is C20H23N3O2. The normalized spacial score (nSPS) is 16.8. The summed E-state index contributed by atoms with van der Waals surface area (Å²) < 4.78 is 7.80. The van der Waals surface area contributed by atoms with Crippen LogP contribution in [0.15, 0.2) is 35.1 Å². The number of nitrogens with one attached hydrogen (secondary N) is 1. The molecule has 4 rings (SSSR count). The Morgan fingerprint density at radius 2 is 2.32 bits per heavy atom. The zero-order valence-corrected chi connectivity index (χ0v) is 14.7. The first-order valence-electron chi connectivity index (χ1n) is 8.93. The molecule has 130 valence electrons. The summed E-state index contributed by atoms with van der Waals surface area (Å²) in [4.78, 5) is 17.0. The van der Waals surface area contributed by atoms with E-state index in [0.717, 1.165) is 53.9 Å². The first kappa shape index (κ1) is 15.9. The molecule has 0 radical (unpaired) electrons. The molecule has 2 aromatic heterocycles. The van der Waals surface area contributed by atoms with Crippen molar-refractivity contribution in [1.29, 1.82) is 0 Å². The van der Waals surface area contributed by atoms with Crippen LogP contribution in [0.3, 0.4) is 0 Å². The second-order valence-corrected chi connectivity index (χ2v) is 6.88. The van der Waals surface area contributed by atoms with E-state index in [1.165, 1.54) is 5.56 Å². The van der Waals surface area contributed by atoms with Gasteiger partial charge in [-0.2, -0.15) is 0 Å². The Bertz CT molecular complexity index is 922. The van der Waals surface area contributed by atoms with Gasteiger partial charge >= 0.3 is 0 Å². The summed E-state index contributed by atoms with van der Waals surface area (Å²) in [5.41, 5.74) is 4.09. The molecule has 1 N–H and O–H groups in total. The van der Waals surface area contributed by atoms with Crippen molar-refractivity contribution in [1.82, 2.24) is 14.9 Å². The number of fused-ring (bicyclic) bond motifs is 2. The van der Waals surface area contributed by atoms with Crippen LogP contribution in [0.1, 0.15) is 36.0 Å². The highest BCUT2D eigenvalue weighted by molar-refractivity contribution is 5.88. The summed E-state index contributed by atoms with van der Waals surface area (Å²) >= 11 is 0. The van der Waals surface area contributed by atoms with Crippen LogP contribution in [0.2, 0.25) is 0 Å². The number of aromatic nitrogens is 2. The first-order chi connectivity index (χ1) is 12.1. The predicted molar refractivity (Wildman–Crippen MR) is 96.5 cm³/mol. The zero-order valence-electron chi connectivity index (χ0n) is 14.7. The van der Waals surface area contributed by atoms with E-state index in [4.69, 9.17) is 4.42 Å². The van der Waals surface area contributed by atoms with Crippen molar-refractivity contribution in [3.8, 4) is 0 Å². The van der Waals surface area contributed by atoms with Gasteiger partial charge in [0.1, 0.15) is 11.4 Å². The maximum absolute atomic E-state index is 12.5. The van der Waals surface area contributed by atoms with Gasteiger partial charge in [0.25, 0.3) is 0 Å². The maximum atomic E-state index is 12.5. The molecule has 3 heterocycles. The van der Waals surface area contributed by atoms with E-state index in [1.54, 1.807) is 6.26 Å². The van der Waals surface area contributed by atoms with Crippen molar-refractivity contribution in [3.05, 3.63) is 53.3 Å². The Kier molecular flexibility index (Phi) is 4.07. The van der Waals surface area contributed by atoms with Crippen molar-refractivity contribution in [2.45, 2.75) is 52.1 Å². The minimum Gasteiger partial charge on any atom is -0.464 e. The summed E-state index contributed by atoms with van der Waals surface area (Å²) in [7, 11) is 0. The smallest absolute Gasteiger partial charge is 0.224 e. The Balaban J connectivity index is 1.43. The molecule has 1 aliphatic rings. The fourth-order valence-electron chi connectivity index (χ4n) is 3.64. The Labute approximate surface area is 147 Å². The monoisotopic (exact) mass is 337 g/mol. The van der Waals surface area contributed by atoms with E-state index in [0.29, 0.717) is 6.42 Å². The van der Waals surface area contributed by atoms with E-state index in [-0.39, 0.29) is 11.9 Å². The van der Waals surface area contributed by atoms with E-state index >= 15 is 0 Å². The highest BCUT2D eigenvalue weighted by atomic mass is 16.3. The minimum absolute atomic E-state index is 0.0487. The van der Waals surface area contributed by atoms with Crippen LogP contribution in [0, 0.1) is 6.92 Å². The molecule has 0 unspecified atom stereocenters. The third kappa shape index (κ3) is 3.18. The Morgan fingerprint density at radius 1 is 1.44 bits per heavy atom. The number of nitrogens with zero attached hydrogens (tertiary/aromatic N) is 2. The Morgan fingerprint density at radius 3 is 3.16 bits per heavy atom. The van der Waals surface area contributed by atoms with Crippen molar-refractivity contribution in [2.24, 2.45) is 0 Å². The summed E-state index contributed by atoms with van der Waals surface area (Å²) in [6.45, 7) is 4.93. The molecule has 25 heavy (non-hydrogen) atoms. The number of carbonyl (C=O) groups is 1. The van der Waals surface area contributed by atoms with Crippen molar-refractivity contribution in [3.63, 3.8) is 0 Å². The number of aryl methyl sites for hydroxylation is 3. The average Bonchev–Trinajstić information content (AvgIpc) is 3.16. The van der Waals surface area contributed by atoms with Crippen molar-refractivity contribution < 1.29 is 9.21 Å². The van der Waals surface area contributed by atoms with Gasteiger partial charge in [-0.25, -0.2) is 4.98 Å². The molecule has 1 aromatic carbocycles. The van der Waals surface area contributed by atoms with Gasteiger partial charge in [-0.1, -0.05) is 19.1 Å². The standard InChI is InChI=1S/C20H23N3O2/c1-3-14-4-6-17-15(12-25-18(17)8-14)9-20(24)22-16-5-7-19-21-13(2)10-23(19)11-16/h4,6,8,10,12,16H,3,5,7,9,11H2,1-2H3,(H,22,24)/t16-/m0/s1. The molecule has 5 nitrogen and oxygen atoms in total. The van der Waals surface area contributed by atoms with Gasteiger partial charge in [0.05, 0.1) is 18.4 Å². The molecule has 0 spiro atoms. The van der Waals surface area contributed by atoms with Gasteiger partial charge < -0.3 is 14.3 Å². The number of furan rings is 1. The molecule has 0 saturated heterocycles.